The molecule has 0 unspecified atom stereocenters. The molecule has 0 aliphatic carbocycles. The standard InChI is InChI=1S/C10H11N3/c1-7(5-11)9-4-2-3-8-6-12-13-10(8)9/h2-4,6H,1,5,11H2,(H,12,13). The number of nitrogens with zero attached hydrogens (tertiary/aromatic N) is 1. The Hall–Kier alpha value is -1.61. The van der Waals surface area contributed by atoms with Crippen molar-refractivity contribution in [3.63, 3.8) is 0 Å². The molecule has 2 aromatic rings. The van der Waals surface area contributed by atoms with Crippen LogP contribution in [0.4, 0.5) is 0 Å². The summed E-state index contributed by atoms with van der Waals surface area (Å²) in [5.74, 6) is 0. The largest absolute Gasteiger partial charge is 0.326 e. The lowest BCUT2D eigenvalue weighted by Crippen LogP contribution is -2.01. The van der Waals surface area contributed by atoms with Crippen LogP contribution in [0.25, 0.3) is 16.5 Å². The van der Waals surface area contributed by atoms with Gasteiger partial charge in [-0.2, -0.15) is 5.10 Å². The number of aromatic nitrogens is 2. The van der Waals surface area contributed by atoms with E-state index in [9.17, 15) is 0 Å². The molecule has 0 aliphatic rings. The number of para-hydroxylation sites is 1. The van der Waals surface area contributed by atoms with Crippen LogP contribution in [-0.2, 0) is 0 Å². The van der Waals surface area contributed by atoms with Crippen LogP contribution in [0, 0.1) is 0 Å². The highest BCUT2D eigenvalue weighted by Gasteiger charge is 2.03. The first-order valence-corrected chi connectivity index (χ1v) is 4.13. The van der Waals surface area contributed by atoms with Crippen molar-refractivity contribution >= 4 is 16.5 Å². The van der Waals surface area contributed by atoms with Gasteiger partial charge < -0.3 is 5.73 Å². The summed E-state index contributed by atoms with van der Waals surface area (Å²) in [5.41, 5.74) is 8.52. The van der Waals surface area contributed by atoms with Gasteiger partial charge in [-0.05, 0) is 5.57 Å². The number of rotatable bonds is 2. The van der Waals surface area contributed by atoms with Gasteiger partial charge >= 0.3 is 0 Å². The molecule has 1 aromatic carbocycles. The van der Waals surface area contributed by atoms with Gasteiger partial charge in [-0.15, -0.1) is 0 Å². The van der Waals surface area contributed by atoms with Crippen molar-refractivity contribution in [1.29, 1.82) is 0 Å². The van der Waals surface area contributed by atoms with Gasteiger partial charge in [-0.1, -0.05) is 24.8 Å². The van der Waals surface area contributed by atoms with E-state index >= 15 is 0 Å². The van der Waals surface area contributed by atoms with Crippen LogP contribution in [0.2, 0.25) is 0 Å². The summed E-state index contributed by atoms with van der Waals surface area (Å²) in [4.78, 5) is 0. The summed E-state index contributed by atoms with van der Waals surface area (Å²) in [5, 5.41) is 8.00. The fourth-order valence-corrected chi connectivity index (χ4v) is 1.37. The van der Waals surface area contributed by atoms with Gasteiger partial charge in [0.2, 0.25) is 0 Å². The van der Waals surface area contributed by atoms with Crippen LogP contribution in [0.3, 0.4) is 0 Å². The Morgan fingerprint density at radius 3 is 3.15 bits per heavy atom. The molecule has 2 rings (SSSR count). The van der Waals surface area contributed by atoms with Crippen LogP contribution < -0.4 is 5.73 Å². The fraction of sp³-hybridized carbons (Fsp3) is 0.100. The highest BCUT2D eigenvalue weighted by Crippen LogP contribution is 2.20. The molecule has 0 atom stereocenters. The second-order valence-corrected chi connectivity index (χ2v) is 2.95. The monoisotopic (exact) mass is 173 g/mol. The SMILES string of the molecule is C=C(CN)c1cccc2cn[nH]c12. The number of benzene rings is 1. The molecular formula is C10H11N3. The van der Waals surface area contributed by atoms with Crippen molar-refractivity contribution in [1.82, 2.24) is 10.2 Å². The van der Waals surface area contributed by atoms with Gasteiger partial charge in [0.25, 0.3) is 0 Å². The van der Waals surface area contributed by atoms with E-state index in [1.54, 1.807) is 6.20 Å². The second-order valence-electron chi connectivity index (χ2n) is 2.95. The van der Waals surface area contributed by atoms with Crippen molar-refractivity contribution < 1.29 is 0 Å². The van der Waals surface area contributed by atoms with Crippen LogP contribution in [-0.4, -0.2) is 16.7 Å². The van der Waals surface area contributed by atoms with Crippen molar-refractivity contribution in [3.05, 3.63) is 36.5 Å². The third kappa shape index (κ3) is 1.23. The number of fused-ring (bicyclic) bond motifs is 1. The fourth-order valence-electron chi connectivity index (χ4n) is 1.37. The number of aromatic amines is 1. The number of hydrogen-bond donors (Lipinski definition) is 2. The first-order valence-electron chi connectivity index (χ1n) is 4.13. The predicted molar refractivity (Wildman–Crippen MR) is 54.2 cm³/mol. The Morgan fingerprint density at radius 1 is 1.54 bits per heavy atom. The minimum Gasteiger partial charge on any atom is -0.326 e. The number of hydrogen-bond acceptors (Lipinski definition) is 2. The zero-order valence-corrected chi connectivity index (χ0v) is 7.25. The summed E-state index contributed by atoms with van der Waals surface area (Å²) in [6.45, 7) is 4.37. The Morgan fingerprint density at radius 2 is 2.38 bits per heavy atom. The number of nitrogens with one attached hydrogen (secondary N) is 1. The predicted octanol–water partition coefficient (Wildman–Crippen LogP) is 1.53. The molecule has 66 valence electrons. The summed E-state index contributed by atoms with van der Waals surface area (Å²) in [6.07, 6.45) is 1.79. The van der Waals surface area contributed by atoms with Gasteiger partial charge in [0.1, 0.15) is 0 Å². The molecule has 0 radical (unpaired) electrons. The highest BCUT2D eigenvalue weighted by atomic mass is 15.1. The Kier molecular flexibility index (Phi) is 1.87. The molecule has 0 amide bonds. The van der Waals surface area contributed by atoms with Crippen molar-refractivity contribution in [2.24, 2.45) is 5.73 Å². The van der Waals surface area contributed by atoms with Gasteiger partial charge in [0.05, 0.1) is 11.7 Å². The van der Waals surface area contributed by atoms with Gasteiger partial charge in [-0.3, -0.25) is 5.10 Å². The molecule has 1 aromatic heterocycles. The molecule has 0 saturated carbocycles. The van der Waals surface area contributed by atoms with Crippen molar-refractivity contribution in [2.45, 2.75) is 0 Å². The first-order chi connectivity index (χ1) is 6.33. The van der Waals surface area contributed by atoms with Gasteiger partial charge in [0.15, 0.2) is 0 Å². The Balaban J connectivity index is 2.67. The highest BCUT2D eigenvalue weighted by molar-refractivity contribution is 5.90. The van der Waals surface area contributed by atoms with Gasteiger partial charge in [0, 0.05) is 17.5 Å². The van der Waals surface area contributed by atoms with Crippen LogP contribution >= 0.6 is 0 Å². The lowest BCUT2D eigenvalue weighted by Gasteiger charge is -2.02. The molecule has 3 heteroatoms. The maximum absolute atomic E-state index is 5.53. The van der Waals surface area contributed by atoms with E-state index in [0.717, 1.165) is 22.0 Å². The first kappa shape index (κ1) is 8.01. The van der Waals surface area contributed by atoms with Crippen LogP contribution in [0.1, 0.15) is 5.56 Å². The van der Waals surface area contributed by atoms with Crippen LogP contribution in [0.5, 0.6) is 0 Å². The molecule has 0 fully saturated rings. The zero-order valence-electron chi connectivity index (χ0n) is 7.25. The third-order valence-corrected chi connectivity index (χ3v) is 2.10. The van der Waals surface area contributed by atoms with Crippen LogP contribution in [0.15, 0.2) is 31.0 Å². The normalized spacial score (nSPS) is 10.5. The summed E-state index contributed by atoms with van der Waals surface area (Å²) in [7, 11) is 0. The molecule has 1 heterocycles. The minimum atomic E-state index is 0.470. The summed E-state index contributed by atoms with van der Waals surface area (Å²) in [6, 6.07) is 5.98. The van der Waals surface area contributed by atoms with Gasteiger partial charge in [-0.25, -0.2) is 0 Å². The van der Waals surface area contributed by atoms with E-state index in [4.69, 9.17) is 5.73 Å². The maximum Gasteiger partial charge on any atom is 0.0725 e. The lowest BCUT2D eigenvalue weighted by atomic mass is 10.1. The van der Waals surface area contributed by atoms with E-state index in [1.165, 1.54) is 0 Å². The average molecular weight is 173 g/mol. The Labute approximate surface area is 76.3 Å². The second kappa shape index (κ2) is 3.03. The van der Waals surface area contributed by atoms with E-state index in [-0.39, 0.29) is 0 Å². The van der Waals surface area contributed by atoms with Crippen molar-refractivity contribution in [2.75, 3.05) is 6.54 Å². The maximum atomic E-state index is 5.53. The molecule has 0 saturated heterocycles. The van der Waals surface area contributed by atoms with E-state index < -0.39 is 0 Å². The molecule has 0 bridgehead atoms. The minimum absolute atomic E-state index is 0.470. The molecule has 0 spiro atoms. The molecule has 3 N–H and O–H groups in total. The number of nitrogens with two attached hydrogens (primary N) is 1. The quantitative estimate of drug-likeness (QED) is 0.723. The average Bonchev–Trinajstić information content (AvgIpc) is 2.63. The van der Waals surface area contributed by atoms with E-state index in [1.807, 2.05) is 18.2 Å². The number of H-pyrrole nitrogens is 1. The topological polar surface area (TPSA) is 54.7 Å². The van der Waals surface area contributed by atoms with E-state index in [0.29, 0.717) is 6.54 Å². The summed E-state index contributed by atoms with van der Waals surface area (Å²) >= 11 is 0. The molecule has 3 nitrogen and oxygen atoms in total. The Bertz CT molecular complexity index is 442. The summed E-state index contributed by atoms with van der Waals surface area (Å²) < 4.78 is 0. The third-order valence-electron chi connectivity index (χ3n) is 2.10. The zero-order chi connectivity index (χ0) is 9.26. The lowest BCUT2D eigenvalue weighted by molar-refractivity contribution is 1.12. The van der Waals surface area contributed by atoms with Crippen molar-refractivity contribution in [3.8, 4) is 0 Å². The smallest absolute Gasteiger partial charge is 0.0725 e. The van der Waals surface area contributed by atoms with E-state index in [2.05, 4.69) is 16.8 Å². The molecule has 13 heavy (non-hydrogen) atoms. The molecule has 0 aliphatic heterocycles. The molecular weight excluding hydrogens is 162 g/mol.